The predicted octanol–water partition coefficient (Wildman–Crippen LogP) is 1.88. The summed E-state index contributed by atoms with van der Waals surface area (Å²) < 4.78 is 28.7. The van der Waals surface area contributed by atoms with Crippen LogP contribution in [0.3, 0.4) is 0 Å². The highest BCUT2D eigenvalue weighted by Crippen LogP contribution is 2.21. The number of nitrogens with one attached hydrogen (secondary N) is 1. The van der Waals surface area contributed by atoms with E-state index < -0.39 is 10.2 Å². The molecule has 0 bridgehead atoms. The van der Waals surface area contributed by atoms with Gasteiger partial charge >= 0.3 is 0 Å². The first-order chi connectivity index (χ1) is 7.97. The third-order valence-electron chi connectivity index (χ3n) is 2.62. The number of hydrogen-bond acceptors (Lipinski definition) is 2. The zero-order valence-electron chi connectivity index (χ0n) is 9.56. The number of hydrogen-bond donors (Lipinski definition) is 1. The highest BCUT2D eigenvalue weighted by atomic mass is 79.9. The van der Waals surface area contributed by atoms with Crippen molar-refractivity contribution in [2.45, 2.75) is 25.4 Å². The smallest absolute Gasteiger partial charge is 0.199 e. The molecule has 1 aromatic carbocycles. The Balaban J connectivity index is 2.00. The summed E-state index contributed by atoms with van der Waals surface area (Å²) in [5.74, 6) is 0. The molecule has 1 fully saturated rings. The van der Waals surface area contributed by atoms with Crippen molar-refractivity contribution in [2.24, 2.45) is 0 Å². The summed E-state index contributed by atoms with van der Waals surface area (Å²) in [6.45, 7) is 0.384. The molecular weight excluding hydrogens is 304 g/mol. The van der Waals surface area contributed by atoms with Crippen LogP contribution >= 0.6 is 15.9 Å². The van der Waals surface area contributed by atoms with Gasteiger partial charge in [0.15, 0.2) is 0 Å². The second-order valence-corrected chi connectivity index (χ2v) is 7.00. The average molecular weight is 319 g/mol. The van der Waals surface area contributed by atoms with Crippen molar-refractivity contribution in [3.8, 4) is 0 Å². The predicted molar refractivity (Wildman–Crippen MR) is 70.7 cm³/mol. The molecular formula is C11H15BrN2O2S. The summed E-state index contributed by atoms with van der Waals surface area (Å²) in [4.78, 5) is 0. The Bertz CT molecular complexity index is 483. The van der Waals surface area contributed by atoms with Gasteiger partial charge in [-0.1, -0.05) is 28.1 Å². The summed E-state index contributed by atoms with van der Waals surface area (Å²) in [6.07, 6.45) is 1.90. The minimum absolute atomic E-state index is 0.146. The van der Waals surface area contributed by atoms with E-state index in [9.17, 15) is 8.42 Å². The molecule has 0 unspecified atom stereocenters. The van der Waals surface area contributed by atoms with Crippen LogP contribution in [0.1, 0.15) is 18.4 Å². The highest BCUT2D eigenvalue weighted by molar-refractivity contribution is 9.10. The van der Waals surface area contributed by atoms with E-state index in [0.717, 1.165) is 22.9 Å². The lowest BCUT2D eigenvalue weighted by Gasteiger charge is -2.17. The van der Waals surface area contributed by atoms with E-state index in [-0.39, 0.29) is 6.04 Å². The van der Waals surface area contributed by atoms with Gasteiger partial charge < -0.3 is 0 Å². The Morgan fingerprint density at radius 2 is 1.94 bits per heavy atom. The average Bonchev–Trinajstić information content (AvgIpc) is 3.04. The molecule has 6 heteroatoms. The van der Waals surface area contributed by atoms with E-state index in [4.69, 9.17) is 0 Å². The Hall–Kier alpha value is -0.430. The minimum atomic E-state index is -3.33. The van der Waals surface area contributed by atoms with E-state index in [1.165, 1.54) is 4.31 Å². The summed E-state index contributed by atoms with van der Waals surface area (Å²) in [6, 6.07) is 7.78. The van der Waals surface area contributed by atoms with Crippen LogP contribution in [0.25, 0.3) is 0 Å². The van der Waals surface area contributed by atoms with Crippen LogP contribution in [-0.4, -0.2) is 25.8 Å². The fourth-order valence-electron chi connectivity index (χ4n) is 1.43. The van der Waals surface area contributed by atoms with E-state index in [0.29, 0.717) is 6.54 Å². The van der Waals surface area contributed by atoms with Gasteiger partial charge in [-0.15, -0.1) is 0 Å². The molecule has 1 aromatic rings. The molecule has 1 saturated carbocycles. The largest absolute Gasteiger partial charge is 0.279 e. The van der Waals surface area contributed by atoms with Crippen LogP contribution in [-0.2, 0) is 16.8 Å². The van der Waals surface area contributed by atoms with Crippen LogP contribution in [0.2, 0.25) is 0 Å². The standard InChI is InChI=1S/C11H15BrN2O2S/c1-14(17(15,16)13-11-6-7-11)8-9-2-4-10(12)5-3-9/h2-5,11,13H,6-8H2,1H3. The molecule has 1 aliphatic carbocycles. The van der Waals surface area contributed by atoms with E-state index in [1.54, 1.807) is 7.05 Å². The Morgan fingerprint density at radius 1 is 1.35 bits per heavy atom. The molecule has 0 amide bonds. The van der Waals surface area contributed by atoms with Gasteiger partial charge in [-0.3, -0.25) is 0 Å². The van der Waals surface area contributed by atoms with E-state index in [1.807, 2.05) is 24.3 Å². The molecule has 0 spiro atoms. The Labute approximate surface area is 110 Å². The third kappa shape index (κ3) is 3.77. The first-order valence-electron chi connectivity index (χ1n) is 5.45. The van der Waals surface area contributed by atoms with Crippen LogP contribution < -0.4 is 4.72 Å². The SMILES string of the molecule is CN(Cc1ccc(Br)cc1)S(=O)(=O)NC1CC1. The van der Waals surface area contributed by atoms with Gasteiger partial charge in [-0.2, -0.15) is 17.4 Å². The van der Waals surface area contributed by atoms with Crippen LogP contribution in [0.5, 0.6) is 0 Å². The topological polar surface area (TPSA) is 49.4 Å². The first-order valence-corrected chi connectivity index (χ1v) is 7.69. The van der Waals surface area contributed by atoms with Gasteiger partial charge in [0.25, 0.3) is 10.2 Å². The summed E-state index contributed by atoms with van der Waals surface area (Å²) in [7, 11) is -1.74. The van der Waals surface area contributed by atoms with Crippen molar-refractivity contribution in [3.63, 3.8) is 0 Å². The van der Waals surface area contributed by atoms with Crippen molar-refractivity contribution in [3.05, 3.63) is 34.3 Å². The lowest BCUT2D eigenvalue weighted by Crippen LogP contribution is -2.38. The number of rotatable bonds is 5. The normalized spacial score (nSPS) is 16.4. The molecule has 0 atom stereocenters. The van der Waals surface area contributed by atoms with Crippen molar-refractivity contribution in [1.29, 1.82) is 0 Å². The lowest BCUT2D eigenvalue weighted by atomic mass is 10.2. The third-order valence-corrected chi connectivity index (χ3v) is 4.73. The van der Waals surface area contributed by atoms with Gasteiger partial charge in [0, 0.05) is 24.1 Å². The van der Waals surface area contributed by atoms with Gasteiger partial charge in [0.05, 0.1) is 0 Å². The quantitative estimate of drug-likeness (QED) is 0.901. The molecule has 17 heavy (non-hydrogen) atoms. The summed E-state index contributed by atoms with van der Waals surface area (Å²) in [5.41, 5.74) is 0.969. The van der Waals surface area contributed by atoms with Gasteiger partial charge in [0.2, 0.25) is 0 Å². The molecule has 0 aliphatic heterocycles. The summed E-state index contributed by atoms with van der Waals surface area (Å²) in [5, 5.41) is 0. The fraction of sp³-hybridized carbons (Fsp3) is 0.455. The molecule has 0 heterocycles. The zero-order valence-corrected chi connectivity index (χ0v) is 12.0. The van der Waals surface area contributed by atoms with Crippen molar-refractivity contribution < 1.29 is 8.42 Å². The molecule has 1 aliphatic rings. The van der Waals surface area contributed by atoms with Crippen LogP contribution in [0.15, 0.2) is 28.7 Å². The van der Waals surface area contributed by atoms with E-state index >= 15 is 0 Å². The molecule has 1 N–H and O–H groups in total. The molecule has 4 nitrogen and oxygen atoms in total. The van der Waals surface area contributed by atoms with Crippen LogP contribution in [0, 0.1) is 0 Å². The Morgan fingerprint density at radius 3 is 2.47 bits per heavy atom. The molecule has 2 rings (SSSR count). The van der Waals surface area contributed by atoms with Crippen molar-refractivity contribution >= 4 is 26.1 Å². The fourth-order valence-corrected chi connectivity index (χ4v) is 2.85. The van der Waals surface area contributed by atoms with Gasteiger partial charge in [0.1, 0.15) is 0 Å². The Kier molecular flexibility index (Phi) is 3.87. The molecule has 0 aromatic heterocycles. The molecule has 0 saturated heterocycles. The first kappa shape index (κ1) is 13.0. The van der Waals surface area contributed by atoms with Crippen molar-refractivity contribution in [2.75, 3.05) is 7.05 Å². The maximum atomic E-state index is 11.9. The van der Waals surface area contributed by atoms with Crippen molar-refractivity contribution in [1.82, 2.24) is 9.03 Å². The zero-order chi connectivity index (χ0) is 12.5. The van der Waals surface area contributed by atoms with Gasteiger partial charge in [-0.05, 0) is 30.5 Å². The number of halogens is 1. The second kappa shape index (κ2) is 5.06. The molecule has 0 radical (unpaired) electrons. The minimum Gasteiger partial charge on any atom is -0.199 e. The monoisotopic (exact) mass is 318 g/mol. The second-order valence-electron chi connectivity index (χ2n) is 4.28. The maximum Gasteiger partial charge on any atom is 0.279 e. The maximum absolute atomic E-state index is 11.9. The highest BCUT2D eigenvalue weighted by Gasteiger charge is 2.29. The van der Waals surface area contributed by atoms with E-state index in [2.05, 4.69) is 20.7 Å². The summed E-state index contributed by atoms with van der Waals surface area (Å²) >= 11 is 3.35. The lowest BCUT2D eigenvalue weighted by molar-refractivity contribution is 0.454. The van der Waals surface area contributed by atoms with Crippen LogP contribution in [0.4, 0.5) is 0 Å². The number of benzene rings is 1. The van der Waals surface area contributed by atoms with Gasteiger partial charge in [-0.25, -0.2) is 0 Å². The molecule has 94 valence electrons. The number of nitrogens with zero attached hydrogens (tertiary/aromatic N) is 1.